The first-order valence-electron chi connectivity index (χ1n) is 8.29. The molecule has 5 nitrogen and oxygen atoms in total. The monoisotopic (exact) mass is 472 g/mol. The van der Waals surface area contributed by atoms with Crippen LogP contribution in [0, 0.1) is 0 Å². The highest BCUT2D eigenvalue weighted by Gasteiger charge is 2.44. The van der Waals surface area contributed by atoms with Crippen molar-refractivity contribution in [2.75, 3.05) is 4.90 Å². The summed E-state index contributed by atoms with van der Waals surface area (Å²) in [5.74, 6) is -0.350. The minimum atomic E-state index is -0.660. The maximum Gasteiger partial charge on any atom is 0.297 e. The smallest absolute Gasteiger partial charge is 0.297 e. The fourth-order valence-corrected chi connectivity index (χ4v) is 4.70. The number of benzene rings is 2. The summed E-state index contributed by atoms with van der Waals surface area (Å²) in [6.45, 7) is 0. The van der Waals surface area contributed by atoms with Gasteiger partial charge >= 0.3 is 0 Å². The molecule has 0 spiro atoms. The van der Waals surface area contributed by atoms with Crippen molar-refractivity contribution in [2.24, 2.45) is 0 Å². The Kier molecular flexibility index (Phi) is 4.12. The molecule has 0 aliphatic carbocycles. The Morgan fingerprint density at radius 1 is 1.18 bits per heavy atom. The molecule has 0 bridgehead atoms. The van der Waals surface area contributed by atoms with E-state index in [0.717, 1.165) is 10.0 Å². The number of carbonyl (C=O) groups is 1. The standard InChI is InChI=1S/C20H10BrClN2O3S/c21-11-4-5-14-13(9-11)17(25)15-16(10-2-1-3-12(22)8-10)24(19(26)18(15)27-14)20-23-6-7-28-20/h1-9,16H. The maximum atomic E-state index is 13.4. The second-order valence-corrected chi connectivity index (χ2v) is 8.49. The molecule has 0 saturated heterocycles. The van der Waals surface area contributed by atoms with Crippen molar-refractivity contribution in [3.8, 4) is 0 Å². The van der Waals surface area contributed by atoms with Gasteiger partial charge in [-0.3, -0.25) is 14.5 Å². The second kappa shape index (κ2) is 6.55. The van der Waals surface area contributed by atoms with Crippen molar-refractivity contribution in [3.63, 3.8) is 0 Å². The van der Waals surface area contributed by atoms with Gasteiger partial charge in [0.1, 0.15) is 5.58 Å². The third-order valence-corrected chi connectivity index (χ3v) is 6.12. The van der Waals surface area contributed by atoms with E-state index >= 15 is 0 Å². The summed E-state index contributed by atoms with van der Waals surface area (Å²) < 4.78 is 6.65. The van der Waals surface area contributed by atoms with Crippen molar-refractivity contribution in [2.45, 2.75) is 6.04 Å². The molecule has 1 amide bonds. The molecule has 2 aromatic carbocycles. The van der Waals surface area contributed by atoms with E-state index in [2.05, 4.69) is 20.9 Å². The highest BCUT2D eigenvalue weighted by atomic mass is 79.9. The van der Waals surface area contributed by atoms with Crippen LogP contribution in [0.25, 0.3) is 11.0 Å². The quantitative estimate of drug-likeness (QED) is 0.390. The van der Waals surface area contributed by atoms with E-state index in [9.17, 15) is 9.59 Å². The average molecular weight is 474 g/mol. The van der Waals surface area contributed by atoms with Gasteiger partial charge in [-0.25, -0.2) is 4.98 Å². The number of hydrogen-bond donors (Lipinski definition) is 0. The van der Waals surface area contributed by atoms with E-state index in [1.807, 2.05) is 6.07 Å². The summed E-state index contributed by atoms with van der Waals surface area (Å²) in [7, 11) is 0. The van der Waals surface area contributed by atoms with Gasteiger partial charge in [-0.1, -0.05) is 39.7 Å². The number of carbonyl (C=O) groups excluding carboxylic acids is 1. The van der Waals surface area contributed by atoms with Crippen molar-refractivity contribution in [3.05, 3.63) is 90.6 Å². The Labute approximate surface area is 176 Å². The van der Waals surface area contributed by atoms with Crippen LogP contribution in [0.2, 0.25) is 5.02 Å². The molecule has 0 radical (unpaired) electrons. The number of aromatic nitrogens is 1. The lowest BCUT2D eigenvalue weighted by Crippen LogP contribution is -2.29. The molecule has 4 aromatic rings. The summed E-state index contributed by atoms with van der Waals surface area (Å²) >= 11 is 10.9. The van der Waals surface area contributed by atoms with E-state index in [4.69, 9.17) is 16.0 Å². The first-order valence-corrected chi connectivity index (χ1v) is 10.3. The SMILES string of the molecule is O=C1c2oc3ccc(Br)cc3c(=O)c2C(c2cccc(Cl)c2)N1c1nccs1. The second-order valence-electron chi connectivity index (χ2n) is 6.26. The molecule has 138 valence electrons. The summed E-state index contributed by atoms with van der Waals surface area (Å²) in [5, 5.41) is 3.20. The van der Waals surface area contributed by atoms with Crippen LogP contribution in [0.1, 0.15) is 27.7 Å². The predicted octanol–water partition coefficient (Wildman–Crippen LogP) is 5.42. The molecule has 1 aliphatic heterocycles. The van der Waals surface area contributed by atoms with Crippen LogP contribution in [0.15, 0.2) is 67.7 Å². The first kappa shape index (κ1) is 17.6. The van der Waals surface area contributed by atoms with Crippen molar-refractivity contribution < 1.29 is 9.21 Å². The van der Waals surface area contributed by atoms with E-state index in [1.165, 1.54) is 16.2 Å². The highest BCUT2D eigenvalue weighted by molar-refractivity contribution is 9.10. The molecule has 1 aliphatic rings. The lowest BCUT2D eigenvalue weighted by molar-refractivity contribution is 0.0971. The largest absolute Gasteiger partial charge is 0.450 e. The lowest BCUT2D eigenvalue weighted by atomic mass is 9.99. The van der Waals surface area contributed by atoms with E-state index < -0.39 is 11.9 Å². The summed E-state index contributed by atoms with van der Waals surface area (Å²) in [6.07, 6.45) is 1.62. The molecule has 28 heavy (non-hydrogen) atoms. The number of thiazole rings is 1. The minimum Gasteiger partial charge on any atom is -0.450 e. The number of amides is 1. The van der Waals surface area contributed by atoms with Crippen LogP contribution < -0.4 is 10.3 Å². The molecule has 5 rings (SSSR count). The van der Waals surface area contributed by atoms with Gasteiger partial charge in [0.15, 0.2) is 10.6 Å². The molecule has 0 N–H and O–H groups in total. The molecule has 0 saturated carbocycles. The van der Waals surface area contributed by atoms with Crippen LogP contribution in [0.5, 0.6) is 0 Å². The minimum absolute atomic E-state index is 0.0417. The molecular weight excluding hydrogens is 464 g/mol. The van der Waals surface area contributed by atoms with Gasteiger partial charge in [0.25, 0.3) is 5.91 Å². The van der Waals surface area contributed by atoms with E-state index in [1.54, 1.807) is 48.0 Å². The zero-order valence-corrected chi connectivity index (χ0v) is 17.2. The predicted molar refractivity (Wildman–Crippen MR) is 112 cm³/mol. The summed E-state index contributed by atoms with van der Waals surface area (Å²) in [5.41, 5.74) is 1.14. The van der Waals surface area contributed by atoms with Crippen LogP contribution in [0.3, 0.4) is 0 Å². The van der Waals surface area contributed by atoms with Gasteiger partial charge in [-0.05, 0) is 35.9 Å². The third kappa shape index (κ3) is 2.62. The Morgan fingerprint density at radius 2 is 2.04 bits per heavy atom. The number of halogens is 2. The molecule has 3 heterocycles. The fraction of sp³-hybridized carbons (Fsp3) is 0.0500. The van der Waals surface area contributed by atoms with Crippen LogP contribution in [0.4, 0.5) is 5.13 Å². The maximum absolute atomic E-state index is 13.4. The fourth-order valence-electron chi connectivity index (χ4n) is 3.47. The molecule has 1 unspecified atom stereocenters. The van der Waals surface area contributed by atoms with Crippen molar-refractivity contribution in [1.82, 2.24) is 4.98 Å². The van der Waals surface area contributed by atoms with Crippen molar-refractivity contribution >= 4 is 60.9 Å². The Bertz CT molecular complexity index is 1300. The number of hydrogen-bond acceptors (Lipinski definition) is 5. The van der Waals surface area contributed by atoms with Gasteiger partial charge in [0.05, 0.1) is 17.0 Å². The average Bonchev–Trinajstić information content (AvgIpc) is 3.29. The summed E-state index contributed by atoms with van der Waals surface area (Å²) in [6, 6.07) is 11.6. The zero-order chi connectivity index (χ0) is 19.4. The zero-order valence-electron chi connectivity index (χ0n) is 14.1. The molecule has 0 fully saturated rings. The third-order valence-electron chi connectivity index (χ3n) is 4.62. The van der Waals surface area contributed by atoms with Gasteiger partial charge in [-0.15, -0.1) is 11.3 Å². The Morgan fingerprint density at radius 3 is 2.79 bits per heavy atom. The molecule has 1 atom stereocenters. The Balaban J connectivity index is 1.85. The Hall–Kier alpha value is -2.48. The van der Waals surface area contributed by atoms with Gasteiger partial charge in [0, 0.05) is 21.1 Å². The van der Waals surface area contributed by atoms with Gasteiger partial charge in [-0.2, -0.15) is 0 Å². The molecule has 2 aromatic heterocycles. The highest BCUT2D eigenvalue weighted by Crippen LogP contribution is 2.42. The number of rotatable bonds is 2. The molecule has 8 heteroatoms. The normalized spacial score (nSPS) is 16.0. The van der Waals surface area contributed by atoms with E-state index in [0.29, 0.717) is 26.7 Å². The number of fused-ring (bicyclic) bond motifs is 2. The van der Waals surface area contributed by atoms with Gasteiger partial charge in [0.2, 0.25) is 5.76 Å². The van der Waals surface area contributed by atoms with Crippen LogP contribution in [-0.2, 0) is 0 Å². The summed E-state index contributed by atoms with van der Waals surface area (Å²) in [4.78, 5) is 32.4. The lowest BCUT2D eigenvalue weighted by Gasteiger charge is -2.22. The van der Waals surface area contributed by atoms with Crippen LogP contribution in [-0.4, -0.2) is 10.9 Å². The topological polar surface area (TPSA) is 63.4 Å². The first-order chi connectivity index (χ1) is 13.5. The van der Waals surface area contributed by atoms with Crippen molar-refractivity contribution in [1.29, 1.82) is 0 Å². The molecular formula is C20H10BrClN2O3S. The van der Waals surface area contributed by atoms with Gasteiger partial charge < -0.3 is 4.42 Å². The van der Waals surface area contributed by atoms with E-state index in [-0.39, 0.29) is 11.2 Å². The van der Waals surface area contributed by atoms with Crippen LogP contribution >= 0.6 is 38.9 Å². The number of nitrogens with zero attached hydrogens (tertiary/aromatic N) is 2. The number of anilines is 1.